The first-order valence-corrected chi connectivity index (χ1v) is 9.50. The van der Waals surface area contributed by atoms with E-state index < -0.39 is 0 Å². The summed E-state index contributed by atoms with van der Waals surface area (Å²) < 4.78 is 0. The fraction of sp³-hybridized carbons (Fsp3) is 0.368. The molecule has 0 unspecified atom stereocenters. The van der Waals surface area contributed by atoms with Crippen molar-refractivity contribution in [2.45, 2.75) is 43.6 Å². The Morgan fingerprint density at radius 1 is 1.24 bits per heavy atom. The summed E-state index contributed by atoms with van der Waals surface area (Å²) in [6.45, 7) is 0. The maximum absolute atomic E-state index is 12.0. The van der Waals surface area contributed by atoms with Crippen LogP contribution in [0.15, 0.2) is 35.6 Å². The van der Waals surface area contributed by atoms with Crippen molar-refractivity contribution in [2.24, 2.45) is 0 Å². The minimum atomic E-state index is -0.0491. The number of fused-ring (bicyclic) bond motifs is 1. The molecule has 0 bridgehead atoms. The minimum Gasteiger partial charge on any atom is -0.326 e. The number of aryl methyl sites for hydroxylation is 2. The number of pyridine rings is 2. The zero-order valence-corrected chi connectivity index (χ0v) is 14.8. The molecule has 1 aliphatic rings. The second-order valence-corrected chi connectivity index (χ2v) is 7.09. The number of rotatable bonds is 5. The molecule has 5 nitrogen and oxygen atoms in total. The molecule has 2 heterocycles. The van der Waals surface area contributed by atoms with Crippen molar-refractivity contribution >= 4 is 23.4 Å². The number of amides is 1. The first kappa shape index (κ1) is 17.4. The highest BCUT2D eigenvalue weighted by Gasteiger charge is 2.15. The lowest BCUT2D eigenvalue weighted by atomic mass is 10.1. The van der Waals surface area contributed by atoms with Crippen LogP contribution in [-0.2, 0) is 17.6 Å². The molecule has 6 heteroatoms. The van der Waals surface area contributed by atoms with Gasteiger partial charge in [-0.2, -0.15) is 5.26 Å². The number of nitriles is 1. The lowest BCUT2D eigenvalue weighted by Gasteiger charge is -2.10. The molecule has 0 aromatic carbocycles. The maximum atomic E-state index is 12.0. The highest BCUT2D eigenvalue weighted by Crippen LogP contribution is 2.27. The van der Waals surface area contributed by atoms with Crippen molar-refractivity contribution in [3.63, 3.8) is 0 Å². The van der Waals surface area contributed by atoms with E-state index in [1.54, 1.807) is 24.5 Å². The van der Waals surface area contributed by atoms with Crippen LogP contribution >= 0.6 is 11.8 Å². The monoisotopic (exact) mass is 352 g/mol. The fourth-order valence-corrected chi connectivity index (χ4v) is 3.80. The molecule has 0 saturated heterocycles. The lowest BCUT2D eigenvalue weighted by Crippen LogP contribution is -2.12. The van der Waals surface area contributed by atoms with Gasteiger partial charge >= 0.3 is 0 Å². The summed E-state index contributed by atoms with van der Waals surface area (Å²) in [5, 5.41) is 13.0. The molecule has 25 heavy (non-hydrogen) atoms. The first-order valence-electron chi connectivity index (χ1n) is 8.52. The van der Waals surface area contributed by atoms with E-state index in [0.717, 1.165) is 35.7 Å². The second-order valence-electron chi connectivity index (χ2n) is 6.00. The Morgan fingerprint density at radius 3 is 2.84 bits per heavy atom. The van der Waals surface area contributed by atoms with E-state index in [2.05, 4.69) is 16.4 Å². The molecule has 128 valence electrons. The molecule has 1 amide bonds. The standard InChI is InChI=1S/C19H20N4OS/c20-13-15-12-14-4-2-1-3-5-17(14)23-19(15)25-11-8-18(24)22-16-6-9-21-10-7-16/h6-7,9-10,12H,1-5,8,11H2,(H,21,22,24). The smallest absolute Gasteiger partial charge is 0.225 e. The van der Waals surface area contributed by atoms with Gasteiger partial charge in [0.2, 0.25) is 5.91 Å². The normalized spacial score (nSPS) is 13.4. The van der Waals surface area contributed by atoms with Gasteiger partial charge in [-0.3, -0.25) is 9.78 Å². The van der Waals surface area contributed by atoms with E-state index in [0.29, 0.717) is 17.7 Å². The number of hydrogen-bond acceptors (Lipinski definition) is 5. The van der Waals surface area contributed by atoms with Crippen molar-refractivity contribution in [1.29, 1.82) is 5.26 Å². The largest absolute Gasteiger partial charge is 0.326 e. The molecule has 3 rings (SSSR count). The third kappa shape index (κ3) is 4.80. The van der Waals surface area contributed by atoms with Gasteiger partial charge in [0.25, 0.3) is 0 Å². The predicted octanol–water partition coefficient (Wildman–Crippen LogP) is 3.74. The predicted molar refractivity (Wildman–Crippen MR) is 98.4 cm³/mol. The number of thioether (sulfide) groups is 1. The Bertz CT molecular complexity index is 786. The highest BCUT2D eigenvalue weighted by molar-refractivity contribution is 7.99. The van der Waals surface area contributed by atoms with Gasteiger partial charge in [0.15, 0.2) is 0 Å². The third-order valence-electron chi connectivity index (χ3n) is 4.17. The van der Waals surface area contributed by atoms with Crippen LogP contribution in [0, 0.1) is 11.3 Å². The Morgan fingerprint density at radius 2 is 2.04 bits per heavy atom. The number of carbonyl (C=O) groups excluding carboxylic acids is 1. The number of aromatic nitrogens is 2. The van der Waals surface area contributed by atoms with E-state index >= 15 is 0 Å². The highest BCUT2D eigenvalue weighted by atomic mass is 32.2. The van der Waals surface area contributed by atoms with Crippen molar-refractivity contribution < 1.29 is 4.79 Å². The van der Waals surface area contributed by atoms with Crippen molar-refractivity contribution in [3.8, 4) is 6.07 Å². The molecule has 2 aromatic heterocycles. The number of hydrogen-bond donors (Lipinski definition) is 1. The van der Waals surface area contributed by atoms with E-state index in [1.165, 1.54) is 30.2 Å². The quantitative estimate of drug-likeness (QED) is 0.655. The first-order chi connectivity index (χ1) is 12.3. The fourth-order valence-electron chi connectivity index (χ4n) is 2.88. The van der Waals surface area contributed by atoms with Crippen molar-refractivity contribution in [2.75, 3.05) is 11.1 Å². The van der Waals surface area contributed by atoms with Crippen LogP contribution in [0.3, 0.4) is 0 Å². The van der Waals surface area contributed by atoms with E-state index in [9.17, 15) is 10.1 Å². The van der Waals surface area contributed by atoms with Gasteiger partial charge in [-0.05, 0) is 49.4 Å². The van der Waals surface area contributed by atoms with Crippen molar-refractivity contribution in [3.05, 3.63) is 47.4 Å². The Balaban J connectivity index is 1.60. The molecular weight excluding hydrogens is 332 g/mol. The summed E-state index contributed by atoms with van der Waals surface area (Å²) in [6, 6.07) is 7.76. The summed E-state index contributed by atoms with van der Waals surface area (Å²) in [5.41, 5.74) is 3.71. The van der Waals surface area contributed by atoms with Gasteiger partial charge in [-0.15, -0.1) is 11.8 Å². The van der Waals surface area contributed by atoms with Gasteiger partial charge in [0.1, 0.15) is 11.1 Å². The van der Waals surface area contributed by atoms with E-state index in [1.807, 2.05) is 6.07 Å². The number of carbonyl (C=O) groups is 1. The van der Waals surface area contributed by atoms with Crippen LogP contribution in [0.4, 0.5) is 5.69 Å². The van der Waals surface area contributed by atoms with E-state index in [-0.39, 0.29) is 5.91 Å². The van der Waals surface area contributed by atoms with Gasteiger partial charge in [0, 0.05) is 35.9 Å². The van der Waals surface area contributed by atoms with Crippen LogP contribution in [0.2, 0.25) is 0 Å². The molecule has 1 N–H and O–H groups in total. The average molecular weight is 352 g/mol. The summed E-state index contributed by atoms with van der Waals surface area (Å²) in [4.78, 5) is 20.7. The van der Waals surface area contributed by atoms with Crippen molar-refractivity contribution in [1.82, 2.24) is 9.97 Å². The van der Waals surface area contributed by atoms with Gasteiger partial charge in [-0.25, -0.2) is 4.98 Å². The van der Waals surface area contributed by atoms with Crippen LogP contribution < -0.4 is 5.32 Å². The number of nitrogens with zero attached hydrogens (tertiary/aromatic N) is 3. The van der Waals surface area contributed by atoms with Crippen LogP contribution in [-0.4, -0.2) is 21.6 Å². The molecule has 0 aliphatic heterocycles. The summed E-state index contributed by atoms with van der Waals surface area (Å²) in [6.07, 6.45) is 9.19. The zero-order valence-electron chi connectivity index (χ0n) is 14.0. The van der Waals surface area contributed by atoms with Crippen LogP contribution in [0.25, 0.3) is 0 Å². The van der Waals surface area contributed by atoms with Gasteiger partial charge in [-0.1, -0.05) is 6.42 Å². The lowest BCUT2D eigenvalue weighted by molar-refractivity contribution is -0.115. The topological polar surface area (TPSA) is 78.7 Å². The molecule has 0 radical (unpaired) electrons. The molecule has 0 fully saturated rings. The molecule has 0 spiro atoms. The summed E-state index contributed by atoms with van der Waals surface area (Å²) in [5.74, 6) is 0.546. The number of nitrogens with one attached hydrogen (secondary N) is 1. The van der Waals surface area contributed by atoms with Crippen LogP contribution in [0.1, 0.15) is 42.5 Å². The maximum Gasteiger partial charge on any atom is 0.225 e. The van der Waals surface area contributed by atoms with Crippen LogP contribution in [0.5, 0.6) is 0 Å². The number of anilines is 1. The summed E-state index contributed by atoms with van der Waals surface area (Å²) >= 11 is 1.48. The van der Waals surface area contributed by atoms with Gasteiger partial charge < -0.3 is 5.32 Å². The molecule has 2 aromatic rings. The molecular formula is C19H20N4OS. The zero-order chi connectivity index (χ0) is 17.5. The second kappa shape index (κ2) is 8.63. The molecule has 1 aliphatic carbocycles. The summed E-state index contributed by atoms with van der Waals surface area (Å²) in [7, 11) is 0. The van der Waals surface area contributed by atoms with E-state index in [4.69, 9.17) is 4.98 Å². The molecule has 0 saturated carbocycles. The Kier molecular flexibility index (Phi) is 6.02. The Labute approximate surface area is 151 Å². The third-order valence-corrected chi connectivity index (χ3v) is 5.16. The minimum absolute atomic E-state index is 0.0491. The SMILES string of the molecule is N#Cc1cc2c(nc1SCCC(=O)Nc1ccncc1)CCCCC2. The Hall–Kier alpha value is -2.39. The average Bonchev–Trinajstić information content (AvgIpc) is 2.86. The molecule has 0 atom stereocenters. The van der Waals surface area contributed by atoms with Gasteiger partial charge in [0.05, 0.1) is 5.56 Å².